The Bertz CT molecular complexity index is 338. The van der Waals surface area contributed by atoms with Gasteiger partial charge in [-0.25, -0.2) is 4.98 Å². The highest BCUT2D eigenvalue weighted by Gasteiger charge is 2.07. The van der Waals surface area contributed by atoms with Crippen LogP contribution in [-0.2, 0) is 0 Å². The van der Waals surface area contributed by atoms with Gasteiger partial charge in [0.05, 0.1) is 23.2 Å². The minimum absolute atomic E-state index is 0.100. The van der Waals surface area contributed by atoms with Crippen molar-refractivity contribution in [1.82, 2.24) is 9.97 Å². The highest BCUT2D eigenvalue weighted by molar-refractivity contribution is 9.10. The second-order valence-corrected chi connectivity index (χ2v) is 4.79. The highest BCUT2D eigenvalue weighted by atomic mass is 79.9. The van der Waals surface area contributed by atoms with Crippen LogP contribution in [0.5, 0.6) is 5.88 Å². The lowest BCUT2D eigenvalue weighted by Gasteiger charge is -2.10. The van der Waals surface area contributed by atoms with E-state index in [2.05, 4.69) is 38.1 Å². The average molecular weight is 309 g/mol. The maximum atomic E-state index is 6.08. The van der Waals surface area contributed by atoms with Gasteiger partial charge in [-0.1, -0.05) is 13.3 Å². The summed E-state index contributed by atoms with van der Waals surface area (Å²) in [6.07, 6.45) is 3.69. The molecule has 0 aliphatic carbocycles. The van der Waals surface area contributed by atoms with Crippen LogP contribution in [0.25, 0.3) is 0 Å². The molecule has 1 unspecified atom stereocenters. The Labute approximate surface area is 109 Å². The normalized spacial score (nSPS) is 12.2. The molecule has 1 heterocycles. The molecule has 6 heteroatoms. The third-order valence-corrected chi connectivity index (χ3v) is 2.91. The van der Waals surface area contributed by atoms with Crippen molar-refractivity contribution in [2.75, 3.05) is 19.0 Å². The van der Waals surface area contributed by atoms with Crippen LogP contribution >= 0.6 is 27.5 Å². The molecular formula is C10H15BrClN3O. The molecular weight excluding hydrogens is 293 g/mol. The first kappa shape index (κ1) is 13.5. The molecule has 1 rings (SSSR count). The Morgan fingerprint density at radius 1 is 1.62 bits per heavy atom. The van der Waals surface area contributed by atoms with Gasteiger partial charge in [-0.05, 0) is 22.4 Å². The van der Waals surface area contributed by atoms with E-state index in [-0.39, 0.29) is 5.38 Å². The Hall–Kier alpha value is -0.550. The molecule has 0 spiro atoms. The second-order valence-electron chi connectivity index (χ2n) is 3.32. The number of methoxy groups -OCH3 is 1. The number of hydrogen-bond donors (Lipinski definition) is 1. The number of aromatic nitrogens is 2. The lowest BCUT2D eigenvalue weighted by molar-refractivity contribution is 0.394. The van der Waals surface area contributed by atoms with Gasteiger partial charge in [0.25, 0.3) is 0 Å². The van der Waals surface area contributed by atoms with Gasteiger partial charge < -0.3 is 10.1 Å². The Balaban J connectivity index is 2.54. The van der Waals surface area contributed by atoms with E-state index in [1.54, 1.807) is 13.3 Å². The molecule has 0 aromatic carbocycles. The monoisotopic (exact) mass is 307 g/mol. The topological polar surface area (TPSA) is 47.0 Å². The van der Waals surface area contributed by atoms with Crippen molar-refractivity contribution in [2.45, 2.75) is 25.1 Å². The fraction of sp³-hybridized carbons (Fsp3) is 0.600. The van der Waals surface area contributed by atoms with Crippen LogP contribution < -0.4 is 10.1 Å². The number of halogens is 2. The van der Waals surface area contributed by atoms with Crippen LogP contribution in [0.3, 0.4) is 0 Å². The fourth-order valence-corrected chi connectivity index (χ4v) is 1.85. The van der Waals surface area contributed by atoms with E-state index in [9.17, 15) is 0 Å². The Morgan fingerprint density at radius 2 is 2.38 bits per heavy atom. The zero-order chi connectivity index (χ0) is 12.0. The number of nitrogens with zero attached hydrogens (tertiary/aromatic N) is 2. The molecule has 1 N–H and O–H groups in total. The lowest BCUT2D eigenvalue weighted by Crippen LogP contribution is -2.15. The zero-order valence-corrected chi connectivity index (χ0v) is 11.7. The summed E-state index contributed by atoms with van der Waals surface area (Å²) in [7, 11) is 1.57. The van der Waals surface area contributed by atoms with Crippen LogP contribution in [0.1, 0.15) is 19.8 Å². The van der Waals surface area contributed by atoms with E-state index < -0.39 is 0 Å². The molecule has 0 saturated carbocycles. The minimum Gasteiger partial charge on any atom is -0.480 e. The number of ether oxygens (including phenoxy) is 1. The molecule has 0 saturated heterocycles. The first-order valence-corrected chi connectivity index (χ1v) is 6.34. The maximum absolute atomic E-state index is 6.08. The van der Waals surface area contributed by atoms with E-state index in [1.165, 1.54) is 0 Å². The molecule has 1 atom stereocenters. The predicted octanol–water partition coefficient (Wildman–Crippen LogP) is 3.07. The van der Waals surface area contributed by atoms with E-state index in [4.69, 9.17) is 16.3 Å². The van der Waals surface area contributed by atoms with Crippen molar-refractivity contribution in [1.29, 1.82) is 0 Å². The summed E-state index contributed by atoms with van der Waals surface area (Å²) in [5.41, 5.74) is 0. The van der Waals surface area contributed by atoms with E-state index >= 15 is 0 Å². The van der Waals surface area contributed by atoms with Gasteiger partial charge in [-0.3, -0.25) is 0 Å². The first-order chi connectivity index (χ1) is 7.67. The molecule has 1 aromatic rings. The molecule has 1 aromatic heterocycles. The summed E-state index contributed by atoms with van der Waals surface area (Å²) in [5.74, 6) is 1.04. The molecule has 4 nitrogen and oxygen atoms in total. The van der Waals surface area contributed by atoms with Gasteiger partial charge >= 0.3 is 0 Å². The van der Waals surface area contributed by atoms with E-state index in [0.29, 0.717) is 18.4 Å². The summed E-state index contributed by atoms with van der Waals surface area (Å²) >= 11 is 9.37. The van der Waals surface area contributed by atoms with Crippen LogP contribution in [0, 0.1) is 0 Å². The smallest absolute Gasteiger partial charge is 0.232 e. The van der Waals surface area contributed by atoms with Gasteiger partial charge in [0.15, 0.2) is 0 Å². The largest absolute Gasteiger partial charge is 0.480 e. The predicted molar refractivity (Wildman–Crippen MR) is 69.3 cm³/mol. The highest BCUT2D eigenvalue weighted by Crippen LogP contribution is 2.21. The van der Waals surface area contributed by atoms with Crippen molar-refractivity contribution in [3.63, 3.8) is 0 Å². The molecule has 0 aliphatic heterocycles. The van der Waals surface area contributed by atoms with E-state index in [0.717, 1.165) is 17.3 Å². The number of rotatable bonds is 6. The van der Waals surface area contributed by atoms with Crippen molar-refractivity contribution in [3.05, 3.63) is 10.7 Å². The van der Waals surface area contributed by atoms with Gasteiger partial charge in [0.2, 0.25) is 11.8 Å². The molecule has 16 heavy (non-hydrogen) atoms. The number of anilines is 1. The molecule has 0 fully saturated rings. The summed E-state index contributed by atoms with van der Waals surface area (Å²) < 4.78 is 5.80. The molecule has 0 amide bonds. The second kappa shape index (κ2) is 6.91. The van der Waals surface area contributed by atoms with Crippen molar-refractivity contribution in [3.8, 4) is 5.88 Å². The maximum Gasteiger partial charge on any atom is 0.232 e. The summed E-state index contributed by atoms with van der Waals surface area (Å²) in [6, 6.07) is 0. The summed E-state index contributed by atoms with van der Waals surface area (Å²) in [4.78, 5) is 8.28. The molecule has 0 aliphatic rings. The van der Waals surface area contributed by atoms with Gasteiger partial charge in [0, 0.05) is 6.54 Å². The zero-order valence-electron chi connectivity index (χ0n) is 9.33. The lowest BCUT2D eigenvalue weighted by atomic mass is 10.2. The summed E-state index contributed by atoms with van der Waals surface area (Å²) in [5, 5.41) is 3.18. The quantitative estimate of drug-likeness (QED) is 0.821. The number of alkyl halides is 1. The minimum atomic E-state index is 0.100. The summed E-state index contributed by atoms with van der Waals surface area (Å²) in [6.45, 7) is 2.76. The van der Waals surface area contributed by atoms with Gasteiger partial charge in [0.1, 0.15) is 0 Å². The van der Waals surface area contributed by atoms with Gasteiger partial charge in [-0.2, -0.15) is 4.98 Å². The SMILES string of the molecule is CCCC(Cl)CNc1ncc(Br)c(OC)n1. The van der Waals surface area contributed by atoms with E-state index in [1.807, 2.05) is 0 Å². The van der Waals surface area contributed by atoms with Crippen molar-refractivity contribution in [2.24, 2.45) is 0 Å². The third kappa shape index (κ3) is 4.14. The van der Waals surface area contributed by atoms with Crippen molar-refractivity contribution >= 4 is 33.5 Å². The fourth-order valence-electron chi connectivity index (χ4n) is 1.20. The number of nitrogens with one attached hydrogen (secondary N) is 1. The molecule has 90 valence electrons. The third-order valence-electron chi connectivity index (χ3n) is 1.99. The first-order valence-electron chi connectivity index (χ1n) is 5.11. The molecule has 0 radical (unpaired) electrons. The molecule has 0 bridgehead atoms. The standard InChI is InChI=1S/C10H15BrClN3O/c1-3-4-7(12)5-13-10-14-6-8(11)9(15-10)16-2/h6-7H,3-5H2,1-2H3,(H,13,14,15). The number of hydrogen-bond acceptors (Lipinski definition) is 4. The van der Waals surface area contributed by atoms with Crippen LogP contribution in [0.15, 0.2) is 10.7 Å². The van der Waals surface area contributed by atoms with Crippen molar-refractivity contribution < 1.29 is 4.74 Å². The van der Waals surface area contributed by atoms with Crippen LogP contribution in [0.4, 0.5) is 5.95 Å². The van der Waals surface area contributed by atoms with Crippen LogP contribution in [0.2, 0.25) is 0 Å². The Morgan fingerprint density at radius 3 is 3.00 bits per heavy atom. The Kier molecular flexibility index (Phi) is 5.84. The van der Waals surface area contributed by atoms with Crippen LogP contribution in [-0.4, -0.2) is 29.0 Å². The van der Waals surface area contributed by atoms with Gasteiger partial charge in [-0.15, -0.1) is 11.6 Å². The average Bonchev–Trinajstić information content (AvgIpc) is 2.28.